The van der Waals surface area contributed by atoms with Crippen LogP contribution in [-0.2, 0) is 6.54 Å². The van der Waals surface area contributed by atoms with Crippen LogP contribution in [0.4, 0.5) is 5.69 Å². The van der Waals surface area contributed by atoms with Gasteiger partial charge in [-0.15, -0.1) is 0 Å². The van der Waals surface area contributed by atoms with Gasteiger partial charge in [0.1, 0.15) is 0 Å². The van der Waals surface area contributed by atoms with Crippen LogP contribution in [0.15, 0.2) is 42.5 Å². The number of piperidine rings is 1. The molecule has 25 heavy (non-hydrogen) atoms. The molecule has 0 atom stereocenters. The molecule has 1 amide bonds. The first-order valence-electron chi connectivity index (χ1n) is 8.59. The number of likely N-dealkylation sites (tertiary alicyclic amines) is 1. The van der Waals surface area contributed by atoms with Gasteiger partial charge in [-0.25, -0.2) is 0 Å². The third kappa shape index (κ3) is 4.75. The molecule has 1 heterocycles. The Morgan fingerprint density at radius 2 is 1.80 bits per heavy atom. The largest absolute Gasteiger partial charge is 0.321 e. The zero-order valence-electron chi connectivity index (χ0n) is 14.3. The second-order valence-corrected chi connectivity index (χ2v) is 7.50. The molecule has 0 spiro atoms. The van der Waals surface area contributed by atoms with Gasteiger partial charge in [-0.2, -0.15) is 0 Å². The first-order valence-corrected chi connectivity index (χ1v) is 9.35. The highest BCUT2D eigenvalue weighted by atomic mass is 35.5. The summed E-state index contributed by atoms with van der Waals surface area (Å²) in [6.07, 6.45) is 2.53. The molecule has 0 radical (unpaired) electrons. The maximum absolute atomic E-state index is 12.4. The highest BCUT2D eigenvalue weighted by molar-refractivity contribution is 6.44. The van der Waals surface area contributed by atoms with Crippen LogP contribution in [-0.4, -0.2) is 23.9 Å². The highest BCUT2D eigenvalue weighted by Crippen LogP contribution is 2.29. The molecule has 1 N–H and O–H groups in total. The van der Waals surface area contributed by atoms with E-state index in [1.807, 2.05) is 24.3 Å². The van der Waals surface area contributed by atoms with E-state index in [0.29, 0.717) is 21.3 Å². The van der Waals surface area contributed by atoms with E-state index in [9.17, 15) is 4.79 Å². The van der Waals surface area contributed by atoms with Crippen molar-refractivity contribution in [3.63, 3.8) is 0 Å². The number of halogens is 2. The van der Waals surface area contributed by atoms with Crippen LogP contribution < -0.4 is 5.32 Å². The lowest BCUT2D eigenvalue weighted by Crippen LogP contribution is -2.32. The van der Waals surface area contributed by atoms with E-state index in [1.54, 1.807) is 18.2 Å². The third-order valence-electron chi connectivity index (χ3n) is 4.70. The molecule has 3 rings (SSSR count). The molecule has 5 heteroatoms. The Bertz CT molecular complexity index is 738. The van der Waals surface area contributed by atoms with Crippen molar-refractivity contribution in [1.29, 1.82) is 0 Å². The molecule has 0 aromatic heterocycles. The number of amides is 1. The van der Waals surface area contributed by atoms with Crippen molar-refractivity contribution >= 4 is 34.8 Å². The molecular formula is C20H22Cl2N2O. The second-order valence-electron chi connectivity index (χ2n) is 6.71. The van der Waals surface area contributed by atoms with Gasteiger partial charge in [0.05, 0.1) is 15.7 Å². The number of hydrogen-bond donors (Lipinski definition) is 1. The van der Waals surface area contributed by atoms with E-state index in [4.69, 9.17) is 23.2 Å². The lowest BCUT2D eigenvalue weighted by atomic mass is 9.99. The summed E-state index contributed by atoms with van der Waals surface area (Å²) in [4.78, 5) is 14.9. The summed E-state index contributed by atoms with van der Waals surface area (Å²) in [5.74, 6) is 0.642. The smallest absolute Gasteiger partial charge is 0.255 e. The predicted octanol–water partition coefficient (Wildman–Crippen LogP) is 5.48. The van der Waals surface area contributed by atoms with Crippen LogP contribution in [0.1, 0.15) is 35.7 Å². The van der Waals surface area contributed by atoms with E-state index in [-0.39, 0.29) is 5.91 Å². The summed E-state index contributed by atoms with van der Waals surface area (Å²) >= 11 is 12.1. The number of anilines is 1. The summed E-state index contributed by atoms with van der Waals surface area (Å²) in [7, 11) is 0. The van der Waals surface area contributed by atoms with Crippen molar-refractivity contribution in [3.8, 4) is 0 Å². The van der Waals surface area contributed by atoms with Crippen LogP contribution in [0.2, 0.25) is 10.0 Å². The fourth-order valence-electron chi connectivity index (χ4n) is 3.03. The maximum atomic E-state index is 12.4. The van der Waals surface area contributed by atoms with Gasteiger partial charge in [-0.1, -0.05) is 48.3 Å². The monoisotopic (exact) mass is 376 g/mol. The van der Waals surface area contributed by atoms with Crippen molar-refractivity contribution < 1.29 is 4.79 Å². The Morgan fingerprint density at radius 3 is 2.48 bits per heavy atom. The fourth-order valence-corrected chi connectivity index (χ4v) is 3.38. The van der Waals surface area contributed by atoms with Crippen LogP contribution in [0.25, 0.3) is 0 Å². The molecule has 3 nitrogen and oxygen atoms in total. The molecule has 2 aromatic rings. The van der Waals surface area contributed by atoms with Gasteiger partial charge in [0.2, 0.25) is 0 Å². The number of carbonyl (C=O) groups is 1. The average molecular weight is 377 g/mol. The Labute approximate surface area is 158 Å². The van der Waals surface area contributed by atoms with Gasteiger partial charge in [0, 0.05) is 12.1 Å². The minimum Gasteiger partial charge on any atom is -0.321 e. The number of nitrogens with one attached hydrogen (secondary N) is 1. The molecule has 1 saturated heterocycles. The minimum atomic E-state index is -0.192. The summed E-state index contributed by atoms with van der Waals surface area (Å²) in [6.45, 7) is 5.55. The van der Waals surface area contributed by atoms with Gasteiger partial charge >= 0.3 is 0 Å². The lowest BCUT2D eigenvalue weighted by Gasteiger charge is -2.30. The Balaban J connectivity index is 1.61. The van der Waals surface area contributed by atoms with Gasteiger partial charge in [0.25, 0.3) is 5.91 Å². The Morgan fingerprint density at radius 1 is 1.12 bits per heavy atom. The minimum absolute atomic E-state index is 0.192. The summed E-state index contributed by atoms with van der Waals surface area (Å²) in [6, 6.07) is 12.9. The SMILES string of the molecule is CC1CCN(Cc2ccc(C(=O)Nc3cccc(Cl)c3Cl)cc2)CC1. The zero-order chi connectivity index (χ0) is 17.8. The van der Waals surface area contributed by atoms with Crippen molar-refractivity contribution in [2.75, 3.05) is 18.4 Å². The number of hydrogen-bond acceptors (Lipinski definition) is 2. The van der Waals surface area contributed by atoms with Crippen LogP contribution >= 0.6 is 23.2 Å². The number of carbonyl (C=O) groups excluding carboxylic acids is 1. The number of benzene rings is 2. The molecule has 2 aromatic carbocycles. The van der Waals surface area contributed by atoms with Gasteiger partial charge < -0.3 is 5.32 Å². The van der Waals surface area contributed by atoms with Crippen LogP contribution in [0.3, 0.4) is 0 Å². The Kier molecular flexibility index (Phi) is 6.00. The molecule has 1 aliphatic rings. The molecular weight excluding hydrogens is 355 g/mol. The molecule has 0 bridgehead atoms. The lowest BCUT2D eigenvalue weighted by molar-refractivity contribution is 0.102. The fraction of sp³-hybridized carbons (Fsp3) is 0.350. The van der Waals surface area contributed by atoms with E-state index in [0.717, 1.165) is 25.6 Å². The summed E-state index contributed by atoms with van der Waals surface area (Å²) < 4.78 is 0. The molecule has 1 fully saturated rings. The molecule has 0 aliphatic carbocycles. The van der Waals surface area contributed by atoms with Gasteiger partial charge in [0.15, 0.2) is 0 Å². The summed E-state index contributed by atoms with van der Waals surface area (Å²) in [5, 5.41) is 3.58. The average Bonchev–Trinajstić information content (AvgIpc) is 2.61. The zero-order valence-corrected chi connectivity index (χ0v) is 15.8. The van der Waals surface area contributed by atoms with E-state index < -0.39 is 0 Å². The molecule has 1 aliphatic heterocycles. The van der Waals surface area contributed by atoms with Crippen molar-refractivity contribution in [3.05, 3.63) is 63.6 Å². The summed E-state index contributed by atoms with van der Waals surface area (Å²) in [5.41, 5.74) is 2.35. The van der Waals surface area contributed by atoms with Crippen LogP contribution in [0, 0.1) is 5.92 Å². The maximum Gasteiger partial charge on any atom is 0.255 e. The molecule has 0 unspecified atom stereocenters. The van der Waals surface area contributed by atoms with Gasteiger partial charge in [-0.05, 0) is 61.7 Å². The van der Waals surface area contributed by atoms with Crippen molar-refractivity contribution in [2.24, 2.45) is 5.92 Å². The third-order valence-corrected chi connectivity index (χ3v) is 5.52. The number of rotatable bonds is 4. The van der Waals surface area contributed by atoms with E-state index in [1.165, 1.54) is 18.4 Å². The van der Waals surface area contributed by atoms with Crippen molar-refractivity contribution in [2.45, 2.75) is 26.3 Å². The standard InChI is InChI=1S/C20H22Cl2N2O/c1-14-9-11-24(12-10-14)13-15-5-7-16(8-6-15)20(25)23-18-4-2-3-17(21)19(18)22/h2-8,14H,9-13H2,1H3,(H,23,25). The molecule has 132 valence electrons. The van der Waals surface area contributed by atoms with Crippen LogP contribution in [0.5, 0.6) is 0 Å². The highest BCUT2D eigenvalue weighted by Gasteiger charge is 2.16. The topological polar surface area (TPSA) is 32.3 Å². The number of nitrogens with zero attached hydrogens (tertiary/aromatic N) is 1. The molecule has 0 saturated carbocycles. The van der Waals surface area contributed by atoms with E-state index >= 15 is 0 Å². The predicted molar refractivity (Wildman–Crippen MR) is 105 cm³/mol. The quantitative estimate of drug-likeness (QED) is 0.766. The van der Waals surface area contributed by atoms with Gasteiger partial charge in [-0.3, -0.25) is 9.69 Å². The second kappa shape index (κ2) is 8.22. The normalized spacial score (nSPS) is 16.0. The van der Waals surface area contributed by atoms with Crippen molar-refractivity contribution in [1.82, 2.24) is 4.90 Å². The Hall–Kier alpha value is -1.55. The van der Waals surface area contributed by atoms with E-state index in [2.05, 4.69) is 17.1 Å². The first kappa shape index (κ1) is 18.2. The first-order chi connectivity index (χ1) is 12.0.